The summed E-state index contributed by atoms with van der Waals surface area (Å²) in [6.07, 6.45) is 4.10. The minimum absolute atomic E-state index is 0.0800. The van der Waals surface area contributed by atoms with Crippen LogP contribution < -0.4 is 0 Å². The number of nitrogens with zero attached hydrogens (tertiary/aromatic N) is 3. The van der Waals surface area contributed by atoms with E-state index in [2.05, 4.69) is 28.6 Å². The summed E-state index contributed by atoms with van der Waals surface area (Å²) in [7, 11) is 0. The van der Waals surface area contributed by atoms with E-state index < -0.39 is 0 Å². The summed E-state index contributed by atoms with van der Waals surface area (Å²) in [4.78, 5) is 0. The first kappa shape index (κ1) is 11.9. The molecule has 2 rings (SSSR count). The third-order valence-corrected chi connectivity index (χ3v) is 3.37. The number of halogens is 1. The molecule has 0 bridgehead atoms. The molecule has 0 N–H and O–H groups in total. The van der Waals surface area contributed by atoms with Crippen LogP contribution in [0.15, 0.2) is 0 Å². The van der Waals surface area contributed by atoms with Gasteiger partial charge in [-0.3, -0.25) is 4.57 Å². The van der Waals surface area contributed by atoms with E-state index in [4.69, 9.17) is 16.3 Å². The van der Waals surface area contributed by atoms with E-state index in [0.717, 1.165) is 38.1 Å². The summed E-state index contributed by atoms with van der Waals surface area (Å²) in [6.45, 7) is 5.84. The van der Waals surface area contributed by atoms with Gasteiger partial charge in [0.25, 0.3) is 0 Å². The van der Waals surface area contributed by atoms with Gasteiger partial charge in [0, 0.05) is 13.0 Å². The van der Waals surface area contributed by atoms with Crippen LogP contribution in [0, 0.1) is 0 Å². The van der Waals surface area contributed by atoms with Gasteiger partial charge in [-0.1, -0.05) is 6.92 Å². The van der Waals surface area contributed by atoms with E-state index in [1.807, 2.05) is 0 Å². The maximum absolute atomic E-state index is 6.14. The Labute approximate surface area is 101 Å². The zero-order chi connectivity index (χ0) is 11.6. The van der Waals surface area contributed by atoms with Crippen LogP contribution in [-0.2, 0) is 16.7 Å². The first-order chi connectivity index (χ1) is 7.67. The quantitative estimate of drug-likeness (QED) is 0.819. The first-order valence-corrected chi connectivity index (χ1v) is 6.23. The van der Waals surface area contributed by atoms with Crippen molar-refractivity contribution in [2.24, 2.45) is 0 Å². The fourth-order valence-corrected chi connectivity index (χ4v) is 2.65. The fourth-order valence-electron chi connectivity index (χ4n) is 2.31. The van der Waals surface area contributed by atoms with Crippen molar-refractivity contribution in [2.75, 3.05) is 13.2 Å². The molecule has 1 aliphatic rings. The Kier molecular flexibility index (Phi) is 3.50. The molecule has 0 saturated carbocycles. The van der Waals surface area contributed by atoms with E-state index in [1.165, 1.54) is 0 Å². The number of hydrogen-bond acceptors (Lipinski definition) is 3. The number of hydrogen-bond donors (Lipinski definition) is 0. The third-order valence-electron chi connectivity index (χ3n) is 3.12. The second-order valence-corrected chi connectivity index (χ2v) is 4.96. The summed E-state index contributed by atoms with van der Waals surface area (Å²) < 4.78 is 7.61. The highest BCUT2D eigenvalue weighted by atomic mass is 35.5. The van der Waals surface area contributed by atoms with Crippen LogP contribution in [0.2, 0.25) is 5.28 Å². The van der Waals surface area contributed by atoms with Crippen LogP contribution in [0.3, 0.4) is 0 Å². The highest BCUT2D eigenvalue weighted by molar-refractivity contribution is 6.28. The number of aryl methyl sites for hydroxylation is 1. The minimum Gasteiger partial charge on any atom is -0.379 e. The first-order valence-electron chi connectivity index (χ1n) is 5.85. The average Bonchev–Trinajstić information content (AvgIpc) is 2.62. The molecule has 1 saturated heterocycles. The zero-order valence-electron chi connectivity index (χ0n) is 9.87. The van der Waals surface area contributed by atoms with Gasteiger partial charge in [-0.05, 0) is 37.8 Å². The molecule has 90 valence electrons. The number of rotatable bonds is 3. The van der Waals surface area contributed by atoms with Gasteiger partial charge in [-0.15, -0.1) is 10.2 Å². The van der Waals surface area contributed by atoms with Crippen LogP contribution in [0.5, 0.6) is 0 Å². The van der Waals surface area contributed by atoms with Crippen LogP contribution in [0.1, 0.15) is 38.9 Å². The van der Waals surface area contributed by atoms with Gasteiger partial charge in [0.05, 0.1) is 12.1 Å². The second kappa shape index (κ2) is 4.72. The van der Waals surface area contributed by atoms with Crippen molar-refractivity contribution >= 4 is 11.6 Å². The van der Waals surface area contributed by atoms with Gasteiger partial charge in [-0.25, -0.2) is 0 Å². The lowest BCUT2D eigenvalue weighted by molar-refractivity contribution is 0.00816. The van der Waals surface area contributed by atoms with Gasteiger partial charge < -0.3 is 4.74 Å². The molecule has 0 radical (unpaired) electrons. The predicted molar refractivity (Wildman–Crippen MR) is 62.7 cm³/mol. The van der Waals surface area contributed by atoms with Gasteiger partial charge in [0.15, 0.2) is 0 Å². The average molecular weight is 244 g/mol. The predicted octanol–water partition coefficient (Wildman–Crippen LogP) is 2.41. The molecule has 16 heavy (non-hydrogen) atoms. The minimum atomic E-state index is -0.0800. The Hall–Kier alpha value is -0.610. The summed E-state index contributed by atoms with van der Waals surface area (Å²) in [5.74, 6) is 0.973. The molecule has 2 heterocycles. The van der Waals surface area contributed by atoms with Gasteiger partial charge >= 0.3 is 0 Å². The highest BCUT2D eigenvalue weighted by Crippen LogP contribution is 2.31. The van der Waals surface area contributed by atoms with Crippen LogP contribution in [-0.4, -0.2) is 28.0 Å². The molecule has 0 aliphatic carbocycles. The van der Waals surface area contributed by atoms with Crippen LogP contribution >= 0.6 is 11.6 Å². The monoisotopic (exact) mass is 243 g/mol. The lowest BCUT2D eigenvalue weighted by Gasteiger charge is -2.35. The standard InChI is InChI=1S/C11H18ClN3O/c1-3-5-9-13-14-10(12)15(9)11(2)6-4-7-16-8-11/h3-8H2,1-2H3. The summed E-state index contributed by atoms with van der Waals surface area (Å²) >= 11 is 6.14. The molecule has 0 spiro atoms. The van der Waals surface area contributed by atoms with Crippen molar-refractivity contribution < 1.29 is 4.74 Å². The molecule has 4 nitrogen and oxygen atoms in total. The van der Waals surface area contributed by atoms with E-state index in [9.17, 15) is 0 Å². The molecule has 1 atom stereocenters. The Morgan fingerprint density at radius 1 is 1.50 bits per heavy atom. The van der Waals surface area contributed by atoms with E-state index in [1.54, 1.807) is 0 Å². The normalized spacial score (nSPS) is 25.9. The van der Waals surface area contributed by atoms with Gasteiger partial charge in [0.1, 0.15) is 5.82 Å². The second-order valence-electron chi connectivity index (χ2n) is 4.62. The van der Waals surface area contributed by atoms with Crippen molar-refractivity contribution in [3.05, 3.63) is 11.1 Å². The van der Waals surface area contributed by atoms with Gasteiger partial charge in [0.2, 0.25) is 5.28 Å². The molecule has 1 aliphatic heterocycles. The molecule has 1 fully saturated rings. The topological polar surface area (TPSA) is 39.9 Å². The molecule has 5 heteroatoms. The Bertz CT molecular complexity index is 358. The number of aromatic nitrogens is 3. The van der Waals surface area contributed by atoms with E-state index >= 15 is 0 Å². The summed E-state index contributed by atoms with van der Waals surface area (Å²) in [6, 6.07) is 0. The maximum atomic E-state index is 6.14. The van der Waals surface area contributed by atoms with Crippen molar-refractivity contribution in [3.8, 4) is 0 Å². The van der Waals surface area contributed by atoms with Crippen molar-refractivity contribution in [1.82, 2.24) is 14.8 Å². The molecular weight excluding hydrogens is 226 g/mol. The molecule has 0 aromatic carbocycles. The van der Waals surface area contributed by atoms with Crippen LogP contribution in [0.4, 0.5) is 0 Å². The van der Waals surface area contributed by atoms with Crippen LogP contribution in [0.25, 0.3) is 0 Å². The molecule has 1 unspecified atom stereocenters. The van der Waals surface area contributed by atoms with Gasteiger partial charge in [-0.2, -0.15) is 0 Å². The Morgan fingerprint density at radius 3 is 2.94 bits per heavy atom. The lowest BCUT2D eigenvalue weighted by Crippen LogP contribution is -2.40. The summed E-state index contributed by atoms with van der Waals surface area (Å²) in [5, 5.41) is 8.61. The highest BCUT2D eigenvalue weighted by Gasteiger charge is 2.33. The largest absolute Gasteiger partial charge is 0.379 e. The molecule has 1 aromatic heterocycles. The van der Waals surface area contributed by atoms with Crippen molar-refractivity contribution in [1.29, 1.82) is 0 Å². The fraction of sp³-hybridized carbons (Fsp3) is 0.818. The molecule has 1 aromatic rings. The lowest BCUT2D eigenvalue weighted by atomic mass is 9.94. The Morgan fingerprint density at radius 2 is 2.31 bits per heavy atom. The molecular formula is C11H18ClN3O. The molecule has 0 amide bonds. The Balaban J connectivity index is 2.33. The van der Waals surface area contributed by atoms with Crippen molar-refractivity contribution in [3.63, 3.8) is 0 Å². The zero-order valence-corrected chi connectivity index (χ0v) is 10.6. The third kappa shape index (κ3) is 2.09. The van der Waals surface area contributed by atoms with E-state index in [-0.39, 0.29) is 5.54 Å². The smallest absolute Gasteiger partial charge is 0.225 e. The maximum Gasteiger partial charge on any atom is 0.225 e. The SMILES string of the molecule is CCCc1nnc(Cl)n1C1(C)CCCOC1. The van der Waals surface area contributed by atoms with E-state index in [0.29, 0.717) is 11.9 Å². The number of ether oxygens (including phenoxy) is 1. The summed E-state index contributed by atoms with van der Waals surface area (Å²) in [5.41, 5.74) is -0.0800. The van der Waals surface area contributed by atoms with Crippen molar-refractivity contribution in [2.45, 2.75) is 45.1 Å².